The highest BCUT2D eigenvalue weighted by Crippen LogP contribution is 2.23. The van der Waals surface area contributed by atoms with E-state index in [4.69, 9.17) is 0 Å². The fourth-order valence-corrected chi connectivity index (χ4v) is 6.87. The standard InChI is InChI=1S/C32H43N7O2/c1-24-20-25(21-26-23-33-35-30(24)26)22-29(31(40)38-14-10-28(11-15-38)36-12-6-3-7-13-36)34-32(41)39-18-16-37(17-19-39)27-8-4-2-5-9-27/h2,4-5,8-9,20-21,23,28-29H,3,6-7,10-19,22H2,1H3,(H,33,35)(H,34,41)/t29-/m1/s1. The first-order chi connectivity index (χ1) is 20.0. The van der Waals surface area contributed by atoms with Crippen LogP contribution in [0.2, 0.25) is 0 Å². The van der Waals surface area contributed by atoms with E-state index in [1.165, 1.54) is 38.0 Å². The number of aromatic nitrogens is 2. The van der Waals surface area contributed by atoms with Crippen molar-refractivity contribution in [3.63, 3.8) is 0 Å². The molecule has 0 aliphatic carbocycles. The van der Waals surface area contributed by atoms with Crippen molar-refractivity contribution in [2.45, 2.75) is 57.5 Å². The number of piperazine rings is 1. The molecule has 0 spiro atoms. The summed E-state index contributed by atoms with van der Waals surface area (Å²) in [5.41, 5.74) is 4.31. The van der Waals surface area contributed by atoms with Crippen molar-refractivity contribution in [3.8, 4) is 0 Å². The maximum atomic E-state index is 14.0. The lowest BCUT2D eigenvalue weighted by atomic mass is 9.97. The number of para-hydroxylation sites is 1. The second-order valence-corrected chi connectivity index (χ2v) is 11.9. The first kappa shape index (κ1) is 27.6. The number of anilines is 1. The van der Waals surface area contributed by atoms with Crippen molar-refractivity contribution in [1.82, 2.24) is 30.2 Å². The van der Waals surface area contributed by atoms with Crippen molar-refractivity contribution < 1.29 is 9.59 Å². The number of rotatable bonds is 6. The van der Waals surface area contributed by atoms with E-state index in [2.05, 4.69) is 56.5 Å². The Kier molecular flexibility index (Phi) is 8.41. The molecule has 3 saturated heterocycles. The number of carbonyl (C=O) groups excluding carboxylic acids is 2. The van der Waals surface area contributed by atoms with Gasteiger partial charge in [0.1, 0.15) is 6.04 Å². The normalized spacial score (nSPS) is 19.9. The molecule has 41 heavy (non-hydrogen) atoms. The van der Waals surface area contributed by atoms with Gasteiger partial charge in [0.2, 0.25) is 5.91 Å². The molecular weight excluding hydrogens is 514 g/mol. The maximum absolute atomic E-state index is 14.0. The fraction of sp³-hybridized carbons (Fsp3) is 0.531. The molecule has 4 heterocycles. The molecule has 3 amide bonds. The summed E-state index contributed by atoms with van der Waals surface area (Å²) in [6.07, 6.45) is 8.20. The number of aryl methyl sites for hydroxylation is 1. The van der Waals surface area contributed by atoms with E-state index in [0.29, 0.717) is 25.6 Å². The van der Waals surface area contributed by atoms with Crippen LogP contribution in [-0.2, 0) is 11.2 Å². The van der Waals surface area contributed by atoms with Gasteiger partial charge in [-0.1, -0.05) is 30.7 Å². The molecule has 1 atom stereocenters. The van der Waals surface area contributed by atoms with Crippen LogP contribution in [0.25, 0.3) is 10.9 Å². The van der Waals surface area contributed by atoms with Crippen LogP contribution in [-0.4, -0.2) is 101 Å². The predicted molar refractivity (Wildman–Crippen MR) is 162 cm³/mol. The number of fused-ring (bicyclic) bond motifs is 1. The molecule has 0 radical (unpaired) electrons. The van der Waals surface area contributed by atoms with E-state index in [0.717, 1.165) is 61.1 Å². The molecule has 2 aromatic carbocycles. The number of carbonyl (C=O) groups is 2. The lowest BCUT2D eigenvalue weighted by Crippen LogP contribution is -2.58. The average molecular weight is 558 g/mol. The molecule has 0 saturated carbocycles. The molecule has 0 unspecified atom stereocenters. The molecule has 3 fully saturated rings. The van der Waals surface area contributed by atoms with Crippen LogP contribution >= 0.6 is 0 Å². The second kappa shape index (κ2) is 12.5. The van der Waals surface area contributed by atoms with Crippen LogP contribution in [0.1, 0.15) is 43.2 Å². The summed E-state index contributed by atoms with van der Waals surface area (Å²) in [7, 11) is 0. The highest BCUT2D eigenvalue weighted by molar-refractivity contribution is 5.88. The zero-order valence-corrected chi connectivity index (χ0v) is 24.2. The van der Waals surface area contributed by atoms with Gasteiger partial charge in [0.25, 0.3) is 0 Å². The number of urea groups is 1. The number of benzene rings is 2. The Bertz CT molecular complexity index is 1320. The first-order valence-corrected chi connectivity index (χ1v) is 15.4. The van der Waals surface area contributed by atoms with Crippen LogP contribution in [0, 0.1) is 6.92 Å². The average Bonchev–Trinajstić information content (AvgIpc) is 3.51. The first-order valence-electron chi connectivity index (χ1n) is 15.4. The minimum atomic E-state index is -0.607. The number of likely N-dealkylation sites (tertiary alicyclic amines) is 2. The Morgan fingerprint density at radius 1 is 0.927 bits per heavy atom. The zero-order valence-electron chi connectivity index (χ0n) is 24.2. The van der Waals surface area contributed by atoms with Crippen molar-refractivity contribution in [1.29, 1.82) is 0 Å². The molecular formula is C32H43N7O2. The third-order valence-corrected chi connectivity index (χ3v) is 9.21. The summed E-state index contributed by atoms with van der Waals surface area (Å²) in [6, 6.07) is 14.3. The number of amides is 3. The number of hydrogen-bond donors (Lipinski definition) is 2. The summed E-state index contributed by atoms with van der Waals surface area (Å²) >= 11 is 0. The zero-order chi connectivity index (χ0) is 28.2. The quantitative estimate of drug-likeness (QED) is 0.482. The van der Waals surface area contributed by atoms with Crippen molar-refractivity contribution in [3.05, 3.63) is 59.8 Å². The predicted octanol–water partition coefficient (Wildman–Crippen LogP) is 3.79. The smallest absolute Gasteiger partial charge is 0.318 e. The second-order valence-electron chi connectivity index (χ2n) is 11.9. The Morgan fingerprint density at radius 3 is 2.39 bits per heavy atom. The SMILES string of the molecule is Cc1cc(C[C@@H](NC(=O)N2CCN(c3ccccc3)CC2)C(=O)N2CCC(N3CCCCC3)CC2)cc2cn[nH]c12. The van der Waals surface area contributed by atoms with E-state index >= 15 is 0 Å². The van der Waals surface area contributed by atoms with Gasteiger partial charge in [-0.3, -0.25) is 9.89 Å². The summed E-state index contributed by atoms with van der Waals surface area (Å²) in [5, 5.41) is 11.4. The molecule has 9 nitrogen and oxygen atoms in total. The molecule has 3 aromatic rings. The molecule has 3 aliphatic heterocycles. The number of H-pyrrole nitrogens is 1. The van der Waals surface area contributed by atoms with Gasteiger partial charge in [0.15, 0.2) is 0 Å². The number of aromatic amines is 1. The van der Waals surface area contributed by atoms with Crippen LogP contribution in [0.4, 0.5) is 10.5 Å². The van der Waals surface area contributed by atoms with Crippen LogP contribution in [0.15, 0.2) is 48.7 Å². The third kappa shape index (κ3) is 6.35. The van der Waals surface area contributed by atoms with E-state index in [-0.39, 0.29) is 11.9 Å². The maximum Gasteiger partial charge on any atom is 0.318 e. The number of piperidine rings is 2. The molecule has 3 aliphatic rings. The molecule has 9 heteroatoms. The van der Waals surface area contributed by atoms with E-state index in [1.54, 1.807) is 0 Å². The molecule has 6 rings (SSSR count). The Hall–Kier alpha value is -3.59. The molecule has 2 N–H and O–H groups in total. The van der Waals surface area contributed by atoms with Crippen LogP contribution < -0.4 is 10.2 Å². The summed E-state index contributed by atoms with van der Waals surface area (Å²) in [4.78, 5) is 36.3. The van der Waals surface area contributed by atoms with Gasteiger partial charge in [-0.15, -0.1) is 0 Å². The van der Waals surface area contributed by atoms with Crippen molar-refractivity contribution >= 4 is 28.5 Å². The Morgan fingerprint density at radius 2 is 1.66 bits per heavy atom. The minimum Gasteiger partial charge on any atom is -0.368 e. The van der Waals surface area contributed by atoms with Crippen molar-refractivity contribution in [2.75, 3.05) is 57.3 Å². The van der Waals surface area contributed by atoms with Gasteiger partial charge >= 0.3 is 6.03 Å². The largest absolute Gasteiger partial charge is 0.368 e. The van der Waals surface area contributed by atoms with Crippen LogP contribution in [0.3, 0.4) is 0 Å². The lowest BCUT2D eigenvalue weighted by molar-refractivity contribution is -0.134. The molecule has 218 valence electrons. The van der Waals surface area contributed by atoms with E-state index < -0.39 is 6.04 Å². The fourth-order valence-electron chi connectivity index (χ4n) is 6.87. The summed E-state index contributed by atoms with van der Waals surface area (Å²) in [5.74, 6) is 0.0308. The van der Waals surface area contributed by atoms with E-state index in [1.807, 2.05) is 34.2 Å². The van der Waals surface area contributed by atoms with Gasteiger partial charge in [-0.05, 0) is 75.0 Å². The Labute approximate surface area is 242 Å². The van der Waals surface area contributed by atoms with Gasteiger partial charge in [0.05, 0.1) is 11.7 Å². The topological polar surface area (TPSA) is 87.8 Å². The van der Waals surface area contributed by atoms with Crippen LogP contribution in [0.5, 0.6) is 0 Å². The molecule has 1 aromatic heterocycles. The number of nitrogens with zero attached hydrogens (tertiary/aromatic N) is 5. The monoisotopic (exact) mass is 557 g/mol. The molecule has 0 bridgehead atoms. The summed E-state index contributed by atoms with van der Waals surface area (Å²) < 4.78 is 0. The highest BCUT2D eigenvalue weighted by Gasteiger charge is 2.33. The minimum absolute atomic E-state index is 0.0308. The third-order valence-electron chi connectivity index (χ3n) is 9.21. The lowest BCUT2D eigenvalue weighted by Gasteiger charge is -2.41. The van der Waals surface area contributed by atoms with Gasteiger partial charge in [0, 0.05) is 62.8 Å². The van der Waals surface area contributed by atoms with Crippen molar-refractivity contribution in [2.24, 2.45) is 0 Å². The van der Waals surface area contributed by atoms with Gasteiger partial charge < -0.3 is 24.9 Å². The number of hydrogen-bond acceptors (Lipinski definition) is 5. The van der Waals surface area contributed by atoms with Gasteiger partial charge in [-0.2, -0.15) is 5.10 Å². The highest BCUT2D eigenvalue weighted by atomic mass is 16.2. The summed E-state index contributed by atoms with van der Waals surface area (Å²) in [6.45, 7) is 8.73. The Balaban J connectivity index is 1.13. The van der Waals surface area contributed by atoms with E-state index in [9.17, 15) is 9.59 Å². The number of nitrogens with one attached hydrogen (secondary N) is 2. The van der Waals surface area contributed by atoms with Gasteiger partial charge in [-0.25, -0.2) is 4.79 Å².